The number of aromatic amines is 1. The summed E-state index contributed by atoms with van der Waals surface area (Å²) in [6.45, 7) is 1.30. The third-order valence-electron chi connectivity index (χ3n) is 4.03. The summed E-state index contributed by atoms with van der Waals surface area (Å²) in [5.74, 6) is -0.130. The molecule has 31 heavy (non-hydrogen) atoms. The molecule has 12 nitrogen and oxygen atoms in total. The van der Waals surface area contributed by atoms with Gasteiger partial charge in [-0.2, -0.15) is 15.0 Å². The molecule has 12 heteroatoms. The van der Waals surface area contributed by atoms with Gasteiger partial charge >= 0.3 is 5.56 Å². The maximum Gasteiger partial charge on any atom is 0.301 e. The zero-order valence-corrected chi connectivity index (χ0v) is 16.1. The molecule has 1 aromatic carbocycles. The van der Waals surface area contributed by atoms with Crippen molar-refractivity contribution >= 4 is 23.2 Å². The first-order valence-corrected chi connectivity index (χ1v) is 8.93. The summed E-state index contributed by atoms with van der Waals surface area (Å²) in [6, 6.07) is 12.4. The zero-order chi connectivity index (χ0) is 21.8. The normalized spacial score (nSPS) is 10.8. The van der Waals surface area contributed by atoms with Crippen LogP contribution >= 0.6 is 0 Å². The molecule has 0 spiro atoms. The van der Waals surface area contributed by atoms with Crippen LogP contribution in [0.1, 0.15) is 12.5 Å². The van der Waals surface area contributed by atoms with Crippen LogP contribution in [-0.2, 0) is 4.79 Å². The standard InChI is InChI=1S/C19H14N10O2/c1-12(30)24-16-15(18(31)28(27-16)14-6-3-2-4-7-14)25-26-17-13(10-20)11-23-29(17)19-21-8-5-9-22-19/h2-9,11,27H,1H3,(H,24,30). The summed E-state index contributed by atoms with van der Waals surface area (Å²) in [5, 5.41) is 26.9. The Kier molecular flexibility index (Phi) is 5.14. The first kappa shape index (κ1) is 19.4. The minimum atomic E-state index is -0.542. The maximum absolute atomic E-state index is 13.0. The summed E-state index contributed by atoms with van der Waals surface area (Å²) in [7, 11) is 0. The van der Waals surface area contributed by atoms with E-state index in [9.17, 15) is 14.9 Å². The van der Waals surface area contributed by atoms with E-state index in [0.29, 0.717) is 5.69 Å². The van der Waals surface area contributed by atoms with Gasteiger partial charge in [-0.3, -0.25) is 14.7 Å². The van der Waals surface area contributed by atoms with Crippen molar-refractivity contribution < 1.29 is 4.79 Å². The van der Waals surface area contributed by atoms with Gasteiger partial charge in [0.05, 0.1) is 11.9 Å². The molecule has 0 radical (unpaired) electrons. The van der Waals surface area contributed by atoms with Gasteiger partial charge in [-0.25, -0.2) is 14.6 Å². The molecular formula is C19H14N10O2. The molecule has 4 rings (SSSR count). The fourth-order valence-corrected chi connectivity index (χ4v) is 2.70. The first-order valence-electron chi connectivity index (χ1n) is 8.93. The number of para-hydroxylation sites is 1. The lowest BCUT2D eigenvalue weighted by Crippen LogP contribution is -2.13. The minimum absolute atomic E-state index is 0.0364. The van der Waals surface area contributed by atoms with Gasteiger partial charge in [0.25, 0.3) is 5.95 Å². The number of aromatic nitrogens is 6. The van der Waals surface area contributed by atoms with E-state index in [1.165, 1.54) is 34.9 Å². The molecule has 1 amide bonds. The van der Waals surface area contributed by atoms with Crippen LogP contribution in [0.5, 0.6) is 0 Å². The Morgan fingerprint density at radius 1 is 1.16 bits per heavy atom. The average molecular weight is 414 g/mol. The number of H-pyrrole nitrogens is 1. The molecule has 0 atom stereocenters. The third-order valence-corrected chi connectivity index (χ3v) is 4.03. The number of amides is 1. The number of anilines is 1. The highest BCUT2D eigenvalue weighted by atomic mass is 16.2. The van der Waals surface area contributed by atoms with E-state index in [0.717, 1.165) is 0 Å². The summed E-state index contributed by atoms with van der Waals surface area (Å²) < 4.78 is 2.45. The molecule has 0 aliphatic heterocycles. The number of rotatable bonds is 5. The number of carbonyl (C=O) groups excluding carboxylic acids is 1. The second-order valence-electron chi connectivity index (χ2n) is 6.15. The van der Waals surface area contributed by atoms with Crippen molar-refractivity contribution in [3.8, 4) is 17.7 Å². The average Bonchev–Trinajstić information content (AvgIpc) is 3.33. The lowest BCUT2D eigenvalue weighted by atomic mass is 10.3. The number of benzene rings is 1. The molecular weight excluding hydrogens is 400 g/mol. The summed E-state index contributed by atoms with van der Waals surface area (Å²) in [6.07, 6.45) is 4.31. The SMILES string of the molecule is CC(=O)Nc1[nH]n(-c2ccccc2)c(=O)c1N=Nc1c(C#N)cnn1-c1ncccn1. The Labute approximate surface area is 174 Å². The van der Waals surface area contributed by atoms with Gasteiger partial charge < -0.3 is 5.32 Å². The van der Waals surface area contributed by atoms with E-state index in [-0.39, 0.29) is 28.8 Å². The highest BCUT2D eigenvalue weighted by Crippen LogP contribution is 2.26. The fraction of sp³-hybridized carbons (Fsp3) is 0.0526. The van der Waals surface area contributed by atoms with Crippen LogP contribution < -0.4 is 10.9 Å². The molecule has 2 N–H and O–H groups in total. The van der Waals surface area contributed by atoms with Crippen molar-refractivity contribution in [2.75, 3.05) is 5.32 Å². The Morgan fingerprint density at radius 3 is 2.58 bits per heavy atom. The summed E-state index contributed by atoms with van der Waals surface area (Å²) >= 11 is 0. The zero-order valence-electron chi connectivity index (χ0n) is 16.1. The lowest BCUT2D eigenvalue weighted by Gasteiger charge is -2.01. The second-order valence-corrected chi connectivity index (χ2v) is 6.15. The molecule has 0 aliphatic rings. The number of carbonyl (C=O) groups is 1. The Morgan fingerprint density at radius 2 is 1.90 bits per heavy atom. The third kappa shape index (κ3) is 3.83. The summed E-state index contributed by atoms with van der Waals surface area (Å²) in [4.78, 5) is 32.7. The van der Waals surface area contributed by atoms with Gasteiger partial charge in [-0.05, 0) is 18.2 Å². The number of hydrogen-bond donors (Lipinski definition) is 2. The smallest absolute Gasteiger partial charge is 0.301 e. The van der Waals surface area contributed by atoms with Crippen LogP contribution in [0, 0.1) is 11.3 Å². The lowest BCUT2D eigenvalue weighted by molar-refractivity contribution is -0.114. The van der Waals surface area contributed by atoms with E-state index < -0.39 is 11.5 Å². The van der Waals surface area contributed by atoms with E-state index in [1.807, 2.05) is 12.1 Å². The van der Waals surface area contributed by atoms with Gasteiger partial charge in [0.15, 0.2) is 17.3 Å². The largest absolute Gasteiger partial charge is 0.309 e. The first-order chi connectivity index (χ1) is 15.1. The van der Waals surface area contributed by atoms with Gasteiger partial charge in [-0.15, -0.1) is 10.2 Å². The van der Waals surface area contributed by atoms with Crippen LogP contribution in [0.25, 0.3) is 11.6 Å². The van der Waals surface area contributed by atoms with Crippen molar-refractivity contribution in [2.45, 2.75) is 6.92 Å². The molecule has 152 valence electrons. The Hall–Kier alpha value is -4.92. The molecule has 3 aromatic heterocycles. The monoisotopic (exact) mass is 414 g/mol. The predicted octanol–water partition coefficient (Wildman–Crippen LogP) is 2.39. The molecule has 0 saturated heterocycles. The van der Waals surface area contributed by atoms with Crippen LogP contribution in [-0.4, -0.2) is 35.4 Å². The van der Waals surface area contributed by atoms with Crippen molar-refractivity contribution in [3.63, 3.8) is 0 Å². The van der Waals surface area contributed by atoms with Crippen LogP contribution in [0.2, 0.25) is 0 Å². The molecule has 0 unspecified atom stereocenters. The fourth-order valence-electron chi connectivity index (χ4n) is 2.70. The minimum Gasteiger partial charge on any atom is -0.309 e. The predicted molar refractivity (Wildman–Crippen MR) is 109 cm³/mol. The Balaban J connectivity index is 1.82. The van der Waals surface area contributed by atoms with Gasteiger partial charge in [0.2, 0.25) is 5.91 Å². The molecule has 3 heterocycles. The Bertz CT molecular complexity index is 1360. The van der Waals surface area contributed by atoms with Crippen molar-refractivity contribution in [1.29, 1.82) is 5.26 Å². The van der Waals surface area contributed by atoms with E-state index in [2.05, 4.69) is 35.7 Å². The van der Waals surface area contributed by atoms with Gasteiger partial charge in [-0.1, -0.05) is 18.2 Å². The van der Waals surface area contributed by atoms with Crippen molar-refractivity contribution in [2.24, 2.45) is 10.2 Å². The second kappa shape index (κ2) is 8.21. The van der Waals surface area contributed by atoms with Crippen molar-refractivity contribution in [3.05, 3.63) is 70.9 Å². The number of nitrogens with zero attached hydrogens (tertiary/aromatic N) is 8. The summed E-state index contributed by atoms with van der Waals surface area (Å²) in [5.41, 5.74) is -0.0406. The quantitative estimate of drug-likeness (QED) is 0.477. The number of azo groups is 1. The number of nitrogens with one attached hydrogen (secondary N) is 2. The van der Waals surface area contributed by atoms with Crippen LogP contribution in [0.3, 0.4) is 0 Å². The highest BCUT2D eigenvalue weighted by molar-refractivity contribution is 5.90. The van der Waals surface area contributed by atoms with Crippen LogP contribution in [0.15, 0.2) is 70.0 Å². The van der Waals surface area contributed by atoms with E-state index >= 15 is 0 Å². The molecule has 0 aliphatic carbocycles. The van der Waals surface area contributed by atoms with Gasteiger partial charge in [0, 0.05) is 19.3 Å². The van der Waals surface area contributed by atoms with E-state index in [4.69, 9.17) is 0 Å². The molecule has 0 fully saturated rings. The number of hydrogen-bond acceptors (Lipinski definition) is 8. The highest BCUT2D eigenvalue weighted by Gasteiger charge is 2.18. The number of nitriles is 1. The maximum atomic E-state index is 13.0. The van der Waals surface area contributed by atoms with Gasteiger partial charge in [0.1, 0.15) is 11.6 Å². The molecule has 4 aromatic rings. The molecule has 0 saturated carbocycles. The molecule has 0 bridgehead atoms. The van der Waals surface area contributed by atoms with Crippen molar-refractivity contribution in [1.82, 2.24) is 29.5 Å². The topological polar surface area (TPSA) is 159 Å². The van der Waals surface area contributed by atoms with E-state index in [1.54, 1.807) is 30.3 Å². The van der Waals surface area contributed by atoms with Crippen LogP contribution in [0.4, 0.5) is 17.3 Å².